The number of aryl methyl sites for hydroxylation is 1. The van der Waals surface area contributed by atoms with E-state index >= 15 is 0 Å². The first-order valence-electron chi connectivity index (χ1n) is 6.40. The average Bonchev–Trinajstić information content (AvgIpc) is 2.71. The summed E-state index contributed by atoms with van der Waals surface area (Å²) < 4.78 is 5.44. The fourth-order valence-electron chi connectivity index (χ4n) is 3.21. The summed E-state index contributed by atoms with van der Waals surface area (Å²) in [4.78, 5) is 0. The Morgan fingerprint density at radius 3 is 2.47 bits per heavy atom. The second-order valence-electron chi connectivity index (χ2n) is 5.38. The number of hydrogen-bond acceptors (Lipinski definition) is 2. The third-order valence-electron chi connectivity index (χ3n) is 4.19. The highest BCUT2D eigenvalue weighted by Gasteiger charge is 2.33. The quantitative estimate of drug-likeness (QED) is 0.847. The number of benzene rings is 1. The zero-order valence-electron chi connectivity index (χ0n) is 11.6. The van der Waals surface area contributed by atoms with Crippen molar-refractivity contribution in [2.45, 2.75) is 46.1 Å². The van der Waals surface area contributed by atoms with E-state index in [9.17, 15) is 0 Å². The van der Waals surface area contributed by atoms with Gasteiger partial charge in [-0.2, -0.15) is 0 Å². The van der Waals surface area contributed by atoms with Crippen molar-refractivity contribution in [1.29, 1.82) is 0 Å². The molecule has 1 aliphatic heterocycles. The van der Waals surface area contributed by atoms with Gasteiger partial charge >= 0.3 is 0 Å². The maximum absolute atomic E-state index is 5.44. The highest BCUT2D eigenvalue weighted by atomic mass is 16.5. The second-order valence-corrected chi connectivity index (χ2v) is 5.38. The van der Waals surface area contributed by atoms with E-state index in [4.69, 9.17) is 4.74 Å². The molecule has 1 fully saturated rings. The van der Waals surface area contributed by atoms with Crippen LogP contribution in [0.3, 0.4) is 0 Å². The third kappa shape index (κ3) is 1.95. The highest BCUT2D eigenvalue weighted by Crippen LogP contribution is 2.38. The first-order chi connectivity index (χ1) is 7.99. The van der Waals surface area contributed by atoms with Crippen LogP contribution in [0.15, 0.2) is 6.07 Å². The van der Waals surface area contributed by atoms with E-state index in [0.29, 0.717) is 0 Å². The minimum Gasteiger partial charge on any atom is -0.496 e. The summed E-state index contributed by atoms with van der Waals surface area (Å²) in [5, 5.41) is 3.65. The van der Waals surface area contributed by atoms with E-state index in [-0.39, 0.29) is 5.54 Å². The Morgan fingerprint density at radius 1 is 1.24 bits per heavy atom. The molecule has 0 aliphatic carbocycles. The molecule has 0 saturated carbocycles. The highest BCUT2D eigenvalue weighted by molar-refractivity contribution is 5.51. The van der Waals surface area contributed by atoms with E-state index < -0.39 is 0 Å². The molecule has 1 atom stereocenters. The molecule has 0 bridgehead atoms. The van der Waals surface area contributed by atoms with Crippen LogP contribution in [0, 0.1) is 20.8 Å². The summed E-state index contributed by atoms with van der Waals surface area (Å²) in [7, 11) is 1.75. The van der Waals surface area contributed by atoms with Gasteiger partial charge < -0.3 is 10.1 Å². The molecule has 2 heteroatoms. The lowest BCUT2D eigenvalue weighted by molar-refractivity contribution is 0.405. The smallest absolute Gasteiger partial charge is 0.122 e. The molecule has 1 N–H and O–H groups in total. The van der Waals surface area contributed by atoms with Crippen molar-refractivity contribution in [3.63, 3.8) is 0 Å². The van der Waals surface area contributed by atoms with Crippen LogP contribution in [0.25, 0.3) is 0 Å². The minimum atomic E-state index is 0.144. The van der Waals surface area contributed by atoms with Crippen LogP contribution >= 0.6 is 0 Å². The van der Waals surface area contributed by atoms with Crippen LogP contribution < -0.4 is 10.1 Å². The SMILES string of the molecule is COc1cc(C)c(C2(C)CCCN2)c(C)c1C. The standard InChI is InChI=1S/C15H23NO/c1-10-9-13(17-5)11(2)12(3)14(10)15(4)7-6-8-16-15/h9,16H,6-8H2,1-5H3. The van der Waals surface area contributed by atoms with Crippen LogP contribution in [0.5, 0.6) is 5.75 Å². The van der Waals surface area contributed by atoms with Crippen LogP contribution in [-0.2, 0) is 5.54 Å². The summed E-state index contributed by atoms with van der Waals surface area (Å²) in [5.41, 5.74) is 5.59. The van der Waals surface area contributed by atoms with E-state index in [2.05, 4.69) is 39.1 Å². The fourth-order valence-corrected chi connectivity index (χ4v) is 3.21. The maximum Gasteiger partial charge on any atom is 0.122 e. The summed E-state index contributed by atoms with van der Waals surface area (Å²) in [5.74, 6) is 1.00. The zero-order valence-corrected chi connectivity index (χ0v) is 11.6. The monoisotopic (exact) mass is 233 g/mol. The first kappa shape index (κ1) is 12.4. The Morgan fingerprint density at radius 2 is 1.94 bits per heavy atom. The molecule has 0 radical (unpaired) electrons. The van der Waals surface area contributed by atoms with E-state index in [1.165, 1.54) is 35.1 Å². The Hall–Kier alpha value is -1.02. The predicted molar refractivity (Wildman–Crippen MR) is 71.8 cm³/mol. The summed E-state index contributed by atoms with van der Waals surface area (Å²) in [6.45, 7) is 10.00. The number of ether oxygens (including phenoxy) is 1. The van der Waals surface area contributed by atoms with E-state index in [1.54, 1.807) is 7.11 Å². The van der Waals surface area contributed by atoms with Gasteiger partial charge in [0.15, 0.2) is 0 Å². The van der Waals surface area contributed by atoms with Crippen molar-refractivity contribution in [2.24, 2.45) is 0 Å². The molecule has 0 aromatic heterocycles. The van der Waals surface area contributed by atoms with E-state index in [1.807, 2.05) is 0 Å². The molecule has 17 heavy (non-hydrogen) atoms. The lowest BCUT2D eigenvalue weighted by Gasteiger charge is -2.30. The van der Waals surface area contributed by atoms with Gasteiger partial charge in [0.05, 0.1) is 7.11 Å². The van der Waals surface area contributed by atoms with Gasteiger partial charge in [-0.05, 0) is 75.4 Å². The van der Waals surface area contributed by atoms with Gasteiger partial charge in [0.1, 0.15) is 5.75 Å². The average molecular weight is 233 g/mol. The molecule has 1 unspecified atom stereocenters. The molecule has 0 spiro atoms. The summed E-state index contributed by atoms with van der Waals surface area (Å²) in [6.07, 6.45) is 2.49. The predicted octanol–water partition coefficient (Wildman–Crippen LogP) is 3.22. The van der Waals surface area contributed by atoms with Gasteiger partial charge in [-0.1, -0.05) is 0 Å². The Kier molecular flexibility index (Phi) is 3.17. The molecule has 1 heterocycles. The van der Waals surface area contributed by atoms with Gasteiger partial charge in [-0.15, -0.1) is 0 Å². The Bertz CT molecular complexity index is 431. The van der Waals surface area contributed by atoms with Crippen molar-refractivity contribution in [1.82, 2.24) is 5.32 Å². The third-order valence-corrected chi connectivity index (χ3v) is 4.19. The number of nitrogens with one attached hydrogen (secondary N) is 1. The zero-order chi connectivity index (χ0) is 12.6. The topological polar surface area (TPSA) is 21.3 Å². The number of rotatable bonds is 2. The van der Waals surface area contributed by atoms with Crippen LogP contribution in [-0.4, -0.2) is 13.7 Å². The summed E-state index contributed by atoms with van der Waals surface area (Å²) in [6, 6.07) is 2.17. The first-order valence-corrected chi connectivity index (χ1v) is 6.40. The molecule has 1 aromatic carbocycles. The summed E-state index contributed by atoms with van der Waals surface area (Å²) >= 11 is 0. The lowest BCUT2D eigenvalue weighted by atomic mass is 9.82. The molecule has 0 amide bonds. The second kappa shape index (κ2) is 4.34. The lowest BCUT2D eigenvalue weighted by Crippen LogP contribution is -2.35. The normalized spacial score (nSPS) is 24.1. The molecular formula is C15H23NO. The van der Waals surface area contributed by atoms with Gasteiger partial charge in [-0.3, -0.25) is 0 Å². The van der Waals surface area contributed by atoms with Crippen LogP contribution in [0.1, 0.15) is 42.0 Å². The molecule has 1 saturated heterocycles. The molecular weight excluding hydrogens is 210 g/mol. The Labute approximate surface area is 104 Å². The van der Waals surface area contributed by atoms with Crippen molar-refractivity contribution < 1.29 is 4.74 Å². The van der Waals surface area contributed by atoms with Crippen molar-refractivity contribution in [3.8, 4) is 5.75 Å². The van der Waals surface area contributed by atoms with Crippen LogP contribution in [0.2, 0.25) is 0 Å². The number of methoxy groups -OCH3 is 1. The Balaban J connectivity index is 2.58. The molecule has 2 rings (SSSR count). The molecule has 2 nitrogen and oxygen atoms in total. The van der Waals surface area contributed by atoms with Crippen LogP contribution in [0.4, 0.5) is 0 Å². The molecule has 94 valence electrons. The van der Waals surface area contributed by atoms with E-state index in [0.717, 1.165) is 12.3 Å². The van der Waals surface area contributed by atoms with Gasteiger partial charge in [0, 0.05) is 5.54 Å². The minimum absolute atomic E-state index is 0.144. The van der Waals surface area contributed by atoms with Crippen molar-refractivity contribution in [2.75, 3.05) is 13.7 Å². The maximum atomic E-state index is 5.44. The van der Waals surface area contributed by atoms with Crippen molar-refractivity contribution >= 4 is 0 Å². The molecule has 1 aliphatic rings. The van der Waals surface area contributed by atoms with Gasteiger partial charge in [-0.25, -0.2) is 0 Å². The molecule has 1 aromatic rings. The largest absolute Gasteiger partial charge is 0.496 e. The fraction of sp³-hybridized carbons (Fsp3) is 0.600. The number of hydrogen-bond donors (Lipinski definition) is 1. The van der Waals surface area contributed by atoms with Gasteiger partial charge in [0.2, 0.25) is 0 Å². The van der Waals surface area contributed by atoms with Gasteiger partial charge in [0.25, 0.3) is 0 Å². The van der Waals surface area contributed by atoms with Crippen molar-refractivity contribution in [3.05, 3.63) is 28.3 Å².